The molecule has 1 saturated heterocycles. The molecular weight excluding hydrogens is 488 g/mol. The van der Waals surface area contributed by atoms with Gasteiger partial charge in [-0.25, -0.2) is 0 Å². The zero-order valence-electron chi connectivity index (χ0n) is 17.4. The molecule has 0 aliphatic carbocycles. The van der Waals surface area contributed by atoms with Crippen LogP contribution in [0.25, 0.3) is 0 Å². The molecule has 2 aliphatic rings. The molecule has 2 heterocycles. The molecule has 3 atom stereocenters. The molecule has 34 heavy (non-hydrogen) atoms. The van der Waals surface area contributed by atoms with Gasteiger partial charge in [0.15, 0.2) is 0 Å². The molecule has 0 radical (unpaired) electrons. The van der Waals surface area contributed by atoms with Crippen LogP contribution >= 0.6 is 23.2 Å². The fourth-order valence-electron chi connectivity index (χ4n) is 5.28. The Labute approximate surface area is 203 Å². The molecule has 3 unspecified atom stereocenters. The van der Waals surface area contributed by atoms with E-state index < -0.39 is 40.9 Å². The minimum absolute atomic E-state index is 0.111. The number of hydrogen-bond donors (Lipinski definition) is 2. The standard InChI is InChI=1S/C25H17Cl2F3N2O2/c26-14-5-3-4-13(10-14)19-12-21(33)32-22(16-6-1-2-7-17(16)25(28,29)30)24(19)18-9-8-15(27)11-20(18)31-23(24)34/h1-11,19,22H,12H2,(H,31,34)(H,32,33). The normalized spacial score (nSPS) is 24.0. The molecular formula is C25H17Cl2F3N2O2. The molecule has 5 rings (SSSR count). The first-order valence-electron chi connectivity index (χ1n) is 10.4. The number of benzene rings is 3. The van der Waals surface area contributed by atoms with E-state index in [0.29, 0.717) is 26.9 Å². The highest BCUT2D eigenvalue weighted by molar-refractivity contribution is 6.31. The number of carbonyl (C=O) groups is 2. The van der Waals surface area contributed by atoms with Gasteiger partial charge in [0.25, 0.3) is 0 Å². The first kappa shape index (κ1) is 22.7. The van der Waals surface area contributed by atoms with Crippen molar-refractivity contribution < 1.29 is 22.8 Å². The number of piperidine rings is 1. The highest BCUT2D eigenvalue weighted by Crippen LogP contribution is 2.58. The number of amides is 2. The predicted octanol–water partition coefficient (Wildman–Crippen LogP) is 6.25. The van der Waals surface area contributed by atoms with Gasteiger partial charge in [0.2, 0.25) is 11.8 Å². The SMILES string of the molecule is O=C1CC(c2cccc(Cl)c2)C2(C(=O)Nc3cc(Cl)ccc32)C(c2ccccc2C(F)(F)F)N1. The summed E-state index contributed by atoms with van der Waals surface area (Å²) in [6, 6.07) is 15.2. The quantitative estimate of drug-likeness (QED) is 0.433. The number of anilines is 1. The third-order valence-electron chi connectivity index (χ3n) is 6.58. The summed E-state index contributed by atoms with van der Waals surface area (Å²) in [5, 5.41) is 6.26. The monoisotopic (exact) mass is 504 g/mol. The van der Waals surface area contributed by atoms with Crippen LogP contribution in [0.15, 0.2) is 66.7 Å². The molecule has 3 aromatic carbocycles. The van der Waals surface area contributed by atoms with Crippen LogP contribution < -0.4 is 10.6 Å². The number of rotatable bonds is 2. The van der Waals surface area contributed by atoms with E-state index in [4.69, 9.17) is 23.2 Å². The van der Waals surface area contributed by atoms with Crippen molar-refractivity contribution in [2.45, 2.75) is 30.0 Å². The molecule has 0 aromatic heterocycles. The zero-order chi connectivity index (χ0) is 24.3. The van der Waals surface area contributed by atoms with Crippen molar-refractivity contribution in [2.75, 3.05) is 5.32 Å². The van der Waals surface area contributed by atoms with E-state index in [2.05, 4.69) is 10.6 Å². The third-order valence-corrected chi connectivity index (χ3v) is 7.05. The second kappa shape index (κ2) is 8.03. The second-order valence-electron chi connectivity index (χ2n) is 8.41. The van der Waals surface area contributed by atoms with Gasteiger partial charge in [-0.2, -0.15) is 13.2 Å². The number of fused-ring (bicyclic) bond motifs is 2. The van der Waals surface area contributed by atoms with Gasteiger partial charge < -0.3 is 10.6 Å². The van der Waals surface area contributed by atoms with Crippen LogP contribution in [0, 0.1) is 0 Å². The lowest BCUT2D eigenvalue weighted by atomic mass is 9.59. The van der Waals surface area contributed by atoms with Gasteiger partial charge in [-0.1, -0.05) is 59.6 Å². The summed E-state index contributed by atoms with van der Waals surface area (Å²) in [5.41, 5.74) is -1.23. The number of alkyl halides is 3. The topological polar surface area (TPSA) is 58.2 Å². The number of hydrogen-bond acceptors (Lipinski definition) is 2. The highest BCUT2D eigenvalue weighted by Gasteiger charge is 2.62. The fraction of sp³-hybridized carbons (Fsp3) is 0.200. The molecule has 4 nitrogen and oxygen atoms in total. The predicted molar refractivity (Wildman–Crippen MR) is 123 cm³/mol. The summed E-state index contributed by atoms with van der Waals surface area (Å²) in [4.78, 5) is 26.7. The molecule has 2 amide bonds. The smallest absolute Gasteiger partial charge is 0.348 e. The van der Waals surface area contributed by atoms with E-state index in [0.717, 1.165) is 6.07 Å². The van der Waals surface area contributed by atoms with Crippen LogP contribution in [0.5, 0.6) is 0 Å². The summed E-state index contributed by atoms with van der Waals surface area (Å²) in [6.07, 6.45) is -4.80. The molecule has 3 aromatic rings. The van der Waals surface area contributed by atoms with E-state index >= 15 is 0 Å². The van der Waals surface area contributed by atoms with Gasteiger partial charge in [-0.15, -0.1) is 0 Å². The maximum Gasteiger partial charge on any atom is 0.416 e. The summed E-state index contributed by atoms with van der Waals surface area (Å²) in [5.74, 6) is -1.77. The van der Waals surface area contributed by atoms with Crippen molar-refractivity contribution in [2.24, 2.45) is 0 Å². The van der Waals surface area contributed by atoms with Crippen LogP contribution in [-0.2, 0) is 21.2 Å². The Hall–Kier alpha value is -3.03. The number of carbonyl (C=O) groups excluding carboxylic acids is 2. The molecule has 174 valence electrons. The van der Waals surface area contributed by atoms with Gasteiger partial charge >= 0.3 is 6.18 Å². The lowest BCUT2D eigenvalue weighted by Gasteiger charge is -2.47. The third kappa shape index (κ3) is 3.46. The van der Waals surface area contributed by atoms with E-state index in [9.17, 15) is 22.8 Å². The summed E-state index contributed by atoms with van der Waals surface area (Å²) < 4.78 is 42.1. The molecule has 2 N–H and O–H groups in total. The van der Waals surface area contributed by atoms with Crippen LogP contribution in [0.3, 0.4) is 0 Å². The van der Waals surface area contributed by atoms with Crippen molar-refractivity contribution >= 4 is 40.7 Å². The van der Waals surface area contributed by atoms with Crippen molar-refractivity contribution in [1.29, 1.82) is 0 Å². The maximum absolute atomic E-state index is 14.0. The minimum Gasteiger partial charge on any atom is -0.348 e. The summed E-state index contributed by atoms with van der Waals surface area (Å²) in [6.45, 7) is 0. The Balaban J connectivity index is 1.84. The van der Waals surface area contributed by atoms with Gasteiger partial charge in [0.1, 0.15) is 5.41 Å². The van der Waals surface area contributed by atoms with E-state index in [1.807, 2.05) is 0 Å². The molecule has 9 heteroatoms. The van der Waals surface area contributed by atoms with E-state index in [1.54, 1.807) is 42.5 Å². The van der Waals surface area contributed by atoms with Gasteiger partial charge in [0.05, 0.1) is 11.6 Å². The molecule has 1 fully saturated rings. The Bertz CT molecular complexity index is 1330. The molecule has 2 aliphatic heterocycles. The highest BCUT2D eigenvalue weighted by atomic mass is 35.5. The van der Waals surface area contributed by atoms with Crippen molar-refractivity contribution in [3.63, 3.8) is 0 Å². The van der Waals surface area contributed by atoms with Gasteiger partial charge in [-0.05, 0) is 47.0 Å². The Morgan fingerprint density at radius 2 is 1.65 bits per heavy atom. The summed E-state index contributed by atoms with van der Waals surface area (Å²) >= 11 is 12.4. The lowest BCUT2D eigenvalue weighted by Crippen LogP contribution is -2.57. The van der Waals surface area contributed by atoms with Crippen LogP contribution in [-0.4, -0.2) is 11.8 Å². The van der Waals surface area contributed by atoms with E-state index in [1.165, 1.54) is 18.2 Å². The first-order chi connectivity index (χ1) is 16.1. The molecule has 0 saturated carbocycles. The first-order valence-corrected chi connectivity index (χ1v) is 11.2. The average Bonchev–Trinajstić information content (AvgIpc) is 3.06. The lowest BCUT2D eigenvalue weighted by molar-refractivity contribution is -0.141. The van der Waals surface area contributed by atoms with Crippen LogP contribution in [0.1, 0.15) is 40.6 Å². The Morgan fingerprint density at radius 1 is 0.912 bits per heavy atom. The number of halogens is 5. The van der Waals surface area contributed by atoms with Gasteiger partial charge in [0, 0.05) is 28.1 Å². The van der Waals surface area contributed by atoms with Crippen LogP contribution in [0.4, 0.5) is 18.9 Å². The molecule has 0 bridgehead atoms. The van der Waals surface area contributed by atoms with Gasteiger partial charge in [-0.3, -0.25) is 9.59 Å². The minimum atomic E-state index is -4.69. The van der Waals surface area contributed by atoms with Crippen molar-refractivity contribution in [3.05, 3.63) is 99.0 Å². The van der Waals surface area contributed by atoms with Crippen molar-refractivity contribution in [3.8, 4) is 0 Å². The average molecular weight is 505 g/mol. The Morgan fingerprint density at radius 3 is 2.38 bits per heavy atom. The van der Waals surface area contributed by atoms with Crippen molar-refractivity contribution in [1.82, 2.24) is 5.32 Å². The summed E-state index contributed by atoms with van der Waals surface area (Å²) in [7, 11) is 0. The maximum atomic E-state index is 14.0. The zero-order valence-corrected chi connectivity index (χ0v) is 18.9. The number of nitrogens with one attached hydrogen (secondary N) is 2. The van der Waals surface area contributed by atoms with E-state index in [-0.39, 0.29) is 12.0 Å². The fourth-order valence-corrected chi connectivity index (χ4v) is 5.65. The molecule has 1 spiro atoms. The Kier molecular flexibility index (Phi) is 5.37. The van der Waals surface area contributed by atoms with Crippen LogP contribution in [0.2, 0.25) is 10.0 Å². The second-order valence-corrected chi connectivity index (χ2v) is 9.28. The largest absolute Gasteiger partial charge is 0.416 e.